The second-order valence-corrected chi connectivity index (χ2v) is 3.27. The van der Waals surface area contributed by atoms with Crippen LogP contribution in [0.4, 0.5) is 4.79 Å². The van der Waals surface area contributed by atoms with E-state index in [0.29, 0.717) is 17.1 Å². The zero-order valence-corrected chi connectivity index (χ0v) is 9.82. The Morgan fingerprint density at radius 2 is 2.00 bits per heavy atom. The molecule has 98 valence electrons. The van der Waals surface area contributed by atoms with Crippen LogP contribution in [0.3, 0.4) is 0 Å². The van der Waals surface area contributed by atoms with E-state index < -0.39 is 11.1 Å². The van der Waals surface area contributed by atoms with Gasteiger partial charge in [0.25, 0.3) is 0 Å². The predicted molar refractivity (Wildman–Crippen MR) is 60.1 cm³/mol. The molecule has 0 aromatic heterocycles. The Balaban J connectivity index is 2.97. The molecule has 0 aliphatic rings. The number of hydrazine groups is 1. The summed E-state index contributed by atoms with van der Waals surface area (Å²) in [7, 11) is 2.88. The Morgan fingerprint density at radius 1 is 1.39 bits per heavy atom. The maximum absolute atomic E-state index is 10.7. The predicted octanol–water partition coefficient (Wildman–Crippen LogP) is 1.38. The number of amides is 1. The molecule has 18 heavy (non-hydrogen) atoms. The molecule has 0 spiro atoms. The molecule has 0 aliphatic heterocycles. The van der Waals surface area contributed by atoms with Gasteiger partial charge in [0, 0.05) is 0 Å². The van der Waals surface area contributed by atoms with Crippen LogP contribution >= 0.6 is 0 Å². The van der Waals surface area contributed by atoms with Crippen LogP contribution in [0.15, 0.2) is 18.2 Å². The van der Waals surface area contributed by atoms with Gasteiger partial charge < -0.3 is 14.6 Å². The van der Waals surface area contributed by atoms with Crippen LogP contribution in [0, 0.1) is 10.1 Å². The Morgan fingerprint density at radius 3 is 2.44 bits per heavy atom. The van der Waals surface area contributed by atoms with Gasteiger partial charge in [0.1, 0.15) is 6.54 Å². The quantitative estimate of drug-likeness (QED) is 0.630. The van der Waals surface area contributed by atoms with Crippen LogP contribution in [0.2, 0.25) is 0 Å². The Hall–Kier alpha value is -2.51. The molecule has 0 saturated heterocycles. The van der Waals surface area contributed by atoms with E-state index in [1.54, 1.807) is 6.07 Å². The first-order valence-corrected chi connectivity index (χ1v) is 4.85. The molecule has 0 atom stereocenters. The van der Waals surface area contributed by atoms with Gasteiger partial charge in [0.15, 0.2) is 16.5 Å². The number of nitro groups is 1. The Labute approximate surface area is 102 Å². The van der Waals surface area contributed by atoms with Crippen molar-refractivity contribution in [3.63, 3.8) is 0 Å². The number of methoxy groups -OCH3 is 2. The number of hydrogen-bond acceptors (Lipinski definition) is 5. The second-order valence-electron chi connectivity index (χ2n) is 3.27. The SMILES string of the molecule is COc1ccc(CN(C(=O)O)[N+](=O)[O-])cc1OC. The number of carboxylic acid groups (broad SMARTS) is 1. The van der Waals surface area contributed by atoms with E-state index >= 15 is 0 Å². The van der Waals surface area contributed by atoms with Crippen molar-refractivity contribution in [2.45, 2.75) is 6.54 Å². The molecule has 0 unspecified atom stereocenters. The molecule has 0 bridgehead atoms. The maximum Gasteiger partial charge on any atom is 0.466 e. The fraction of sp³-hybridized carbons (Fsp3) is 0.300. The minimum atomic E-state index is -1.63. The van der Waals surface area contributed by atoms with Gasteiger partial charge in [-0.25, -0.2) is 14.9 Å². The van der Waals surface area contributed by atoms with E-state index in [0.717, 1.165) is 0 Å². The highest BCUT2D eigenvalue weighted by Gasteiger charge is 2.24. The minimum Gasteiger partial charge on any atom is -0.493 e. The molecule has 8 heteroatoms. The van der Waals surface area contributed by atoms with Gasteiger partial charge in [0.05, 0.1) is 14.2 Å². The number of ether oxygens (including phenoxy) is 2. The number of nitrogens with zero attached hydrogens (tertiary/aromatic N) is 2. The van der Waals surface area contributed by atoms with Crippen molar-refractivity contribution >= 4 is 6.09 Å². The molecule has 0 fully saturated rings. The highest BCUT2D eigenvalue weighted by atomic mass is 16.7. The lowest BCUT2D eigenvalue weighted by atomic mass is 10.2. The van der Waals surface area contributed by atoms with Crippen LogP contribution in [0.25, 0.3) is 0 Å². The first kappa shape index (κ1) is 13.6. The van der Waals surface area contributed by atoms with Gasteiger partial charge in [-0.05, 0) is 22.7 Å². The van der Waals surface area contributed by atoms with E-state index in [1.165, 1.54) is 26.4 Å². The van der Waals surface area contributed by atoms with E-state index in [1.807, 2.05) is 0 Å². The smallest absolute Gasteiger partial charge is 0.466 e. The highest BCUT2D eigenvalue weighted by molar-refractivity contribution is 5.63. The standard InChI is InChI=1S/C10H12N2O6/c1-17-8-4-3-7(5-9(8)18-2)6-11(10(13)14)12(15)16/h3-5H,6H2,1-2H3,(H,13,14). The molecule has 1 N–H and O–H groups in total. The topological polar surface area (TPSA) is 102 Å². The first-order valence-electron chi connectivity index (χ1n) is 4.85. The number of benzene rings is 1. The zero-order valence-electron chi connectivity index (χ0n) is 9.82. The molecule has 1 aromatic rings. The summed E-state index contributed by atoms with van der Waals surface area (Å²) in [5.41, 5.74) is 0.423. The third kappa shape index (κ3) is 3.00. The molecule has 1 amide bonds. The van der Waals surface area contributed by atoms with Crippen molar-refractivity contribution in [3.8, 4) is 11.5 Å². The summed E-state index contributed by atoms with van der Waals surface area (Å²) in [6, 6.07) is 4.56. The monoisotopic (exact) mass is 256 g/mol. The molecule has 8 nitrogen and oxygen atoms in total. The summed E-state index contributed by atoms with van der Waals surface area (Å²) in [5, 5.41) is 18.3. The highest BCUT2D eigenvalue weighted by Crippen LogP contribution is 2.27. The van der Waals surface area contributed by atoms with Gasteiger partial charge in [-0.1, -0.05) is 6.07 Å². The third-order valence-electron chi connectivity index (χ3n) is 2.20. The molecular formula is C10H12N2O6. The minimum absolute atomic E-state index is 0.0846. The van der Waals surface area contributed by atoms with Crippen molar-refractivity contribution in [1.82, 2.24) is 5.01 Å². The lowest BCUT2D eigenvalue weighted by Crippen LogP contribution is -2.34. The van der Waals surface area contributed by atoms with Crippen molar-refractivity contribution in [1.29, 1.82) is 0 Å². The normalized spacial score (nSPS) is 9.67. The van der Waals surface area contributed by atoms with Crippen molar-refractivity contribution in [2.75, 3.05) is 14.2 Å². The third-order valence-corrected chi connectivity index (χ3v) is 2.20. The lowest BCUT2D eigenvalue weighted by Gasteiger charge is -2.11. The molecule has 0 heterocycles. The van der Waals surface area contributed by atoms with Crippen LogP contribution < -0.4 is 9.47 Å². The summed E-state index contributed by atoms with van der Waals surface area (Å²) >= 11 is 0. The Bertz CT molecular complexity index is 448. The van der Waals surface area contributed by atoms with Crippen LogP contribution in [-0.2, 0) is 6.54 Å². The van der Waals surface area contributed by atoms with Gasteiger partial charge in [0.2, 0.25) is 0 Å². The van der Waals surface area contributed by atoms with Crippen LogP contribution in [0.5, 0.6) is 11.5 Å². The van der Waals surface area contributed by atoms with Crippen LogP contribution in [0.1, 0.15) is 5.56 Å². The average Bonchev–Trinajstić information content (AvgIpc) is 2.34. The molecule has 0 radical (unpaired) electrons. The van der Waals surface area contributed by atoms with Gasteiger partial charge in [-0.3, -0.25) is 0 Å². The largest absolute Gasteiger partial charge is 0.493 e. The van der Waals surface area contributed by atoms with Crippen molar-refractivity contribution in [3.05, 3.63) is 33.9 Å². The summed E-state index contributed by atoms with van der Waals surface area (Å²) < 4.78 is 10.0. The molecule has 1 rings (SSSR count). The summed E-state index contributed by atoms with van der Waals surface area (Å²) in [5.74, 6) is 0.841. The molecule has 0 aliphatic carbocycles. The number of carbonyl (C=O) groups is 1. The maximum atomic E-state index is 10.7. The van der Waals surface area contributed by atoms with E-state index in [2.05, 4.69) is 0 Å². The van der Waals surface area contributed by atoms with E-state index in [9.17, 15) is 14.9 Å². The van der Waals surface area contributed by atoms with Gasteiger partial charge in [-0.15, -0.1) is 0 Å². The van der Waals surface area contributed by atoms with E-state index in [4.69, 9.17) is 14.6 Å². The number of hydrogen-bond donors (Lipinski definition) is 1. The molecule has 0 saturated carbocycles. The second kappa shape index (κ2) is 5.71. The Kier molecular flexibility index (Phi) is 4.30. The van der Waals surface area contributed by atoms with E-state index in [-0.39, 0.29) is 11.6 Å². The lowest BCUT2D eigenvalue weighted by molar-refractivity contribution is -0.638. The van der Waals surface area contributed by atoms with Crippen LogP contribution in [-0.4, -0.2) is 35.5 Å². The van der Waals surface area contributed by atoms with Gasteiger partial charge >= 0.3 is 6.09 Å². The molecular weight excluding hydrogens is 244 g/mol. The van der Waals surface area contributed by atoms with Crippen molar-refractivity contribution in [2.24, 2.45) is 0 Å². The van der Waals surface area contributed by atoms with Crippen molar-refractivity contribution < 1.29 is 24.4 Å². The van der Waals surface area contributed by atoms with Gasteiger partial charge in [-0.2, -0.15) is 0 Å². The molecule has 1 aromatic carbocycles. The number of rotatable bonds is 5. The fourth-order valence-electron chi connectivity index (χ4n) is 1.35. The zero-order chi connectivity index (χ0) is 13.7. The first-order chi connectivity index (χ1) is 8.49. The fourth-order valence-corrected chi connectivity index (χ4v) is 1.35. The summed E-state index contributed by atoms with van der Waals surface area (Å²) in [4.78, 5) is 21.2. The average molecular weight is 256 g/mol. The summed E-state index contributed by atoms with van der Waals surface area (Å²) in [6.07, 6.45) is -1.63. The summed E-state index contributed by atoms with van der Waals surface area (Å²) in [6.45, 7) is -0.372.